The van der Waals surface area contributed by atoms with E-state index in [0.717, 1.165) is 23.1 Å². The molecule has 7 nitrogen and oxygen atoms in total. The molecule has 0 aliphatic heterocycles. The van der Waals surface area contributed by atoms with Crippen molar-refractivity contribution >= 4 is 34.9 Å². The number of thiophene rings is 1. The van der Waals surface area contributed by atoms with Gasteiger partial charge in [0.1, 0.15) is 4.88 Å². The van der Waals surface area contributed by atoms with Crippen molar-refractivity contribution in [3.63, 3.8) is 0 Å². The highest BCUT2D eigenvalue weighted by molar-refractivity contribution is 7.99. The van der Waals surface area contributed by atoms with E-state index in [0.29, 0.717) is 9.92 Å². The zero-order valence-corrected chi connectivity index (χ0v) is 10.7. The SMILES string of the molecule is Cn1cnc([N+](=O)[O-])c1Sc1csc(C(=O)O)c1. The third kappa shape index (κ3) is 2.36. The normalized spacial score (nSPS) is 10.5. The van der Waals surface area contributed by atoms with Gasteiger partial charge in [0.2, 0.25) is 6.33 Å². The zero-order valence-electron chi connectivity index (χ0n) is 9.06. The Balaban J connectivity index is 2.30. The van der Waals surface area contributed by atoms with Crippen molar-refractivity contribution in [2.24, 2.45) is 7.05 Å². The molecule has 0 saturated heterocycles. The maximum absolute atomic E-state index is 10.8. The summed E-state index contributed by atoms with van der Waals surface area (Å²) >= 11 is 2.20. The minimum atomic E-state index is -1.01. The van der Waals surface area contributed by atoms with Gasteiger partial charge in [-0.3, -0.25) is 0 Å². The second-order valence-corrected chi connectivity index (χ2v) is 5.27. The molecular formula is C9H7N3O4S2. The summed E-state index contributed by atoms with van der Waals surface area (Å²) in [6.07, 6.45) is 1.35. The van der Waals surface area contributed by atoms with E-state index in [1.807, 2.05) is 0 Å². The minimum absolute atomic E-state index is 0.197. The van der Waals surface area contributed by atoms with Gasteiger partial charge in [0, 0.05) is 17.3 Å². The quantitative estimate of drug-likeness (QED) is 0.683. The maximum Gasteiger partial charge on any atom is 0.396 e. The fraction of sp³-hybridized carbons (Fsp3) is 0.111. The molecule has 0 aliphatic rings. The number of aromatic nitrogens is 2. The van der Waals surface area contributed by atoms with E-state index in [-0.39, 0.29) is 10.7 Å². The first-order valence-electron chi connectivity index (χ1n) is 4.64. The summed E-state index contributed by atoms with van der Waals surface area (Å²) in [5.41, 5.74) is 0. The monoisotopic (exact) mass is 285 g/mol. The third-order valence-corrected chi connectivity index (χ3v) is 4.24. The smallest absolute Gasteiger partial charge is 0.396 e. The van der Waals surface area contributed by atoms with E-state index < -0.39 is 10.9 Å². The molecule has 0 aromatic carbocycles. The molecule has 0 fully saturated rings. The van der Waals surface area contributed by atoms with E-state index >= 15 is 0 Å². The molecule has 2 aromatic heterocycles. The van der Waals surface area contributed by atoms with Gasteiger partial charge in [0.25, 0.3) is 0 Å². The molecule has 0 atom stereocenters. The number of carbonyl (C=O) groups is 1. The van der Waals surface area contributed by atoms with Crippen molar-refractivity contribution in [3.05, 3.63) is 32.8 Å². The van der Waals surface area contributed by atoms with Gasteiger partial charge < -0.3 is 19.8 Å². The summed E-state index contributed by atoms with van der Waals surface area (Å²) in [7, 11) is 1.65. The number of nitro groups is 1. The van der Waals surface area contributed by atoms with Crippen molar-refractivity contribution in [3.8, 4) is 0 Å². The molecule has 9 heteroatoms. The lowest BCUT2D eigenvalue weighted by Crippen LogP contribution is -1.93. The zero-order chi connectivity index (χ0) is 13.3. The van der Waals surface area contributed by atoms with Crippen LogP contribution in [0.3, 0.4) is 0 Å². The predicted octanol–water partition coefficient (Wildman–Crippen LogP) is 2.24. The van der Waals surface area contributed by atoms with Gasteiger partial charge in [-0.1, -0.05) is 11.8 Å². The van der Waals surface area contributed by atoms with Gasteiger partial charge in [0.15, 0.2) is 5.03 Å². The topological polar surface area (TPSA) is 98.3 Å². The van der Waals surface area contributed by atoms with Gasteiger partial charge in [-0.25, -0.2) is 4.79 Å². The Morgan fingerprint density at radius 1 is 1.67 bits per heavy atom. The molecule has 94 valence electrons. The highest BCUT2D eigenvalue weighted by Crippen LogP contribution is 2.35. The van der Waals surface area contributed by atoms with Crippen LogP contribution in [0.2, 0.25) is 0 Å². The molecule has 2 aromatic rings. The van der Waals surface area contributed by atoms with Crippen LogP contribution in [0.25, 0.3) is 0 Å². The molecule has 2 heterocycles. The van der Waals surface area contributed by atoms with Crippen molar-refractivity contribution in [2.45, 2.75) is 9.92 Å². The Hall–Kier alpha value is -1.87. The van der Waals surface area contributed by atoms with Crippen LogP contribution in [0.5, 0.6) is 0 Å². The minimum Gasteiger partial charge on any atom is -0.477 e. The van der Waals surface area contributed by atoms with Gasteiger partial charge in [-0.2, -0.15) is 0 Å². The van der Waals surface area contributed by atoms with Gasteiger partial charge >= 0.3 is 11.8 Å². The van der Waals surface area contributed by atoms with Crippen LogP contribution in [-0.4, -0.2) is 25.6 Å². The second kappa shape index (κ2) is 4.78. The number of aromatic carboxylic acids is 1. The summed E-state index contributed by atoms with van der Waals surface area (Å²) in [5, 5.41) is 21.6. The summed E-state index contributed by atoms with van der Waals surface area (Å²) in [5.74, 6) is -1.24. The molecule has 0 aliphatic carbocycles. The highest BCUT2D eigenvalue weighted by atomic mass is 32.2. The molecule has 0 amide bonds. The van der Waals surface area contributed by atoms with Crippen LogP contribution >= 0.6 is 23.1 Å². The summed E-state index contributed by atoms with van der Waals surface area (Å²) in [4.78, 5) is 25.5. The van der Waals surface area contributed by atoms with Crippen LogP contribution in [0.4, 0.5) is 5.82 Å². The Morgan fingerprint density at radius 3 is 2.94 bits per heavy atom. The van der Waals surface area contributed by atoms with Crippen molar-refractivity contribution < 1.29 is 14.8 Å². The molecule has 0 spiro atoms. The van der Waals surface area contributed by atoms with Crippen LogP contribution < -0.4 is 0 Å². The molecule has 1 N–H and O–H groups in total. The Labute approximate surface area is 109 Å². The summed E-state index contributed by atoms with van der Waals surface area (Å²) < 4.78 is 1.53. The van der Waals surface area contributed by atoms with Gasteiger partial charge in [-0.15, -0.1) is 11.3 Å². The van der Waals surface area contributed by atoms with E-state index in [1.165, 1.54) is 17.0 Å². The molecule has 0 radical (unpaired) electrons. The van der Waals surface area contributed by atoms with E-state index in [2.05, 4.69) is 4.98 Å². The van der Waals surface area contributed by atoms with Crippen LogP contribution in [0, 0.1) is 10.1 Å². The number of aryl methyl sites for hydroxylation is 1. The highest BCUT2D eigenvalue weighted by Gasteiger charge is 2.21. The molecule has 18 heavy (non-hydrogen) atoms. The molecular weight excluding hydrogens is 278 g/mol. The average molecular weight is 285 g/mol. The first kappa shape index (κ1) is 12.6. The number of hydrogen-bond acceptors (Lipinski definition) is 6. The molecule has 0 bridgehead atoms. The Morgan fingerprint density at radius 2 is 2.39 bits per heavy atom. The number of imidazole rings is 1. The fourth-order valence-electron chi connectivity index (χ4n) is 1.25. The van der Waals surface area contributed by atoms with Crippen LogP contribution in [0.1, 0.15) is 9.67 Å². The van der Waals surface area contributed by atoms with Crippen LogP contribution in [-0.2, 0) is 7.05 Å². The number of carboxylic acids is 1. The maximum atomic E-state index is 10.8. The number of carboxylic acid groups (broad SMARTS) is 1. The lowest BCUT2D eigenvalue weighted by molar-refractivity contribution is -0.392. The number of nitrogens with zero attached hydrogens (tertiary/aromatic N) is 3. The fourth-order valence-corrected chi connectivity index (χ4v) is 3.07. The molecule has 0 unspecified atom stereocenters. The predicted molar refractivity (Wildman–Crippen MR) is 65.3 cm³/mol. The lowest BCUT2D eigenvalue weighted by Gasteiger charge is -1.98. The summed E-state index contributed by atoms with van der Waals surface area (Å²) in [6.45, 7) is 0. The summed E-state index contributed by atoms with van der Waals surface area (Å²) in [6, 6.07) is 1.48. The van der Waals surface area contributed by atoms with Crippen molar-refractivity contribution in [2.75, 3.05) is 0 Å². The Bertz CT molecular complexity index is 619. The molecule has 0 saturated carbocycles. The lowest BCUT2D eigenvalue weighted by atomic mass is 10.5. The average Bonchev–Trinajstić information content (AvgIpc) is 2.88. The van der Waals surface area contributed by atoms with Crippen LogP contribution in [0.15, 0.2) is 27.7 Å². The number of rotatable bonds is 4. The van der Waals surface area contributed by atoms with Gasteiger partial charge in [-0.05, 0) is 16.0 Å². The van der Waals surface area contributed by atoms with E-state index in [4.69, 9.17) is 5.11 Å². The number of hydrogen-bond donors (Lipinski definition) is 1. The van der Waals surface area contributed by atoms with E-state index in [1.54, 1.807) is 12.4 Å². The van der Waals surface area contributed by atoms with E-state index in [9.17, 15) is 14.9 Å². The molecule has 2 rings (SSSR count). The first-order valence-corrected chi connectivity index (χ1v) is 6.34. The van der Waals surface area contributed by atoms with Gasteiger partial charge in [0.05, 0.1) is 0 Å². The van der Waals surface area contributed by atoms with Crippen molar-refractivity contribution in [1.82, 2.24) is 9.55 Å². The standard InChI is InChI=1S/C9H7N3O4S2/c1-11-4-10-7(12(15)16)8(11)18-5-2-6(9(13)14)17-3-5/h2-4H,1H3,(H,13,14). The Kier molecular flexibility index (Phi) is 3.34. The second-order valence-electron chi connectivity index (χ2n) is 3.30. The largest absolute Gasteiger partial charge is 0.477 e. The van der Waals surface area contributed by atoms with Crippen molar-refractivity contribution in [1.29, 1.82) is 0 Å². The third-order valence-electron chi connectivity index (χ3n) is 2.04. The first-order chi connectivity index (χ1) is 8.49.